The fourth-order valence-electron chi connectivity index (χ4n) is 2.74. The zero-order chi connectivity index (χ0) is 18.0. The molecule has 0 saturated carbocycles. The number of sulfonamides is 1. The summed E-state index contributed by atoms with van der Waals surface area (Å²) in [6.45, 7) is 0. The fraction of sp³-hybridized carbons (Fsp3) is 0.312. The van der Waals surface area contributed by atoms with Crippen LogP contribution in [0, 0.1) is 11.6 Å². The quantitative estimate of drug-likeness (QED) is 0.627. The molecule has 25 heavy (non-hydrogen) atoms. The number of halogens is 2. The number of carbonyl (C=O) groups excluding carboxylic acids is 1. The van der Waals surface area contributed by atoms with Crippen LogP contribution < -0.4 is 10.3 Å². The van der Waals surface area contributed by atoms with Crippen molar-refractivity contribution in [3.63, 3.8) is 0 Å². The molecule has 0 saturated heterocycles. The molecule has 9 heteroatoms. The lowest BCUT2D eigenvalue weighted by atomic mass is 10.1. The molecular formula is C16H16F2N2O3S2. The second-order valence-electron chi connectivity index (χ2n) is 5.73. The van der Waals surface area contributed by atoms with Gasteiger partial charge < -0.3 is 0 Å². The lowest BCUT2D eigenvalue weighted by Crippen LogP contribution is -2.41. The van der Waals surface area contributed by atoms with Crippen LogP contribution in [-0.4, -0.2) is 14.3 Å². The number of carbonyl (C=O) groups is 1. The molecule has 1 aliphatic carbocycles. The van der Waals surface area contributed by atoms with Crippen molar-refractivity contribution in [3.8, 4) is 0 Å². The minimum atomic E-state index is -4.56. The standard InChI is InChI=1S/C16H16F2N2O3S2/c17-11-6-4-7-12(18)15(11)25(22,23)20-19-16(21)14-9-10-5-2-1-3-8-13(10)24-14/h4,6-7,9,20H,1-3,5,8H2,(H,19,21). The number of hydrogen-bond acceptors (Lipinski definition) is 4. The Morgan fingerprint density at radius 1 is 1.08 bits per heavy atom. The monoisotopic (exact) mass is 386 g/mol. The summed E-state index contributed by atoms with van der Waals surface area (Å²) in [5, 5.41) is 0. The normalized spacial score (nSPS) is 14.6. The van der Waals surface area contributed by atoms with E-state index in [1.54, 1.807) is 10.9 Å². The molecule has 2 N–H and O–H groups in total. The van der Waals surface area contributed by atoms with E-state index in [1.807, 2.05) is 5.43 Å². The summed E-state index contributed by atoms with van der Waals surface area (Å²) in [5.74, 6) is -3.12. The molecule has 1 aromatic heterocycles. The van der Waals surface area contributed by atoms with E-state index < -0.39 is 32.5 Å². The fourth-order valence-corrected chi connectivity index (χ4v) is 4.87. The molecular weight excluding hydrogens is 370 g/mol. The maximum atomic E-state index is 13.6. The molecule has 1 aliphatic rings. The Morgan fingerprint density at radius 2 is 1.76 bits per heavy atom. The molecule has 1 aromatic carbocycles. The summed E-state index contributed by atoms with van der Waals surface area (Å²) in [5.41, 5.74) is 3.12. The average Bonchev–Trinajstić information content (AvgIpc) is 2.83. The molecule has 0 unspecified atom stereocenters. The topological polar surface area (TPSA) is 75.3 Å². The number of amides is 1. The third-order valence-electron chi connectivity index (χ3n) is 3.96. The van der Waals surface area contributed by atoms with Gasteiger partial charge in [0.15, 0.2) is 4.90 Å². The van der Waals surface area contributed by atoms with Crippen LogP contribution in [0.1, 0.15) is 39.4 Å². The zero-order valence-electron chi connectivity index (χ0n) is 13.1. The first kappa shape index (κ1) is 18.0. The van der Waals surface area contributed by atoms with Crippen molar-refractivity contribution in [2.24, 2.45) is 0 Å². The first-order chi connectivity index (χ1) is 11.9. The number of rotatable bonds is 4. The Kier molecular flexibility index (Phi) is 5.16. The first-order valence-electron chi connectivity index (χ1n) is 7.76. The number of fused-ring (bicyclic) bond motifs is 1. The largest absolute Gasteiger partial charge is 0.276 e. The summed E-state index contributed by atoms with van der Waals surface area (Å²) in [6, 6.07) is 4.46. The highest BCUT2D eigenvalue weighted by Crippen LogP contribution is 2.28. The number of nitrogens with one attached hydrogen (secondary N) is 2. The van der Waals surface area contributed by atoms with Gasteiger partial charge in [0.1, 0.15) is 11.6 Å². The highest BCUT2D eigenvalue weighted by molar-refractivity contribution is 7.89. The van der Waals surface area contributed by atoms with Gasteiger partial charge in [-0.2, -0.15) is 0 Å². The van der Waals surface area contributed by atoms with Crippen LogP contribution in [-0.2, 0) is 22.9 Å². The lowest BCUT2D eigenvalue weighted by molar-refractivity contribution is 0.0949. The van der Waals surface area contributed by atoms with Gasteiger partial charge in [0.05, 0.1) is 4.88 Å². The lowest BCUT2D eigenvalue weighted by Gasteiger charge is -2.09. The van der Waals surface area contributed by atoms with E-state index in [-0.39, 0.29) is 0 Å². The summed E-state index contributed by atoms with van der Waals surface area (Å²) >= 11 is 1.31. The third-order valence-corrected chi connectivity index (χ3v) is 6.49. The SMILES string of the molecule is O=C(NNS(=O)(=O)c1c(F)cccc1F)c1cc2c(s1)CCCCC2. The molecule has 0 atom stereocenters. The van der Waals surface area contributed by atoms with Crippen molar-refractivity contribution >= 4 is 27.3 Å². The maximum Gasteiger partial charge on any atom is 0.276 e. The second kappa shape index (κ2) is 7.19. The van der Waals surface area contributed by atoms with Crippen molar-refractivity contribution in [3.05, 3.63) is 51.2 Å². The van der Waals surface area contributed by atoms with Gasteiger partial charge in [0.25, 0.3) is 15.9 Å². The van der Waals surface area contributed by atoms with Crippen LogP contribution in [0.2, 0.25) is 0 Å². The Morgan fingerprint density at radius 3 is 2.48 bits per heavy atom. The number of benzene rings is 1. The van der Waals surface area contributed by atoms with Crippen molar-refractivity contribution < 1.29 is 22.0 Å². The number of aryl methyl sites for hydroxylation is 2. The Hall–Kier alpha value is -1.84. The van der Waals surface area contributed by atoms with E-state index in [0.29, 0.717) is 4.88 Å². The molecule has 0 fully saturated rings. The van der Waals surface area contributed by atoms with Crippen molar-refractivity contribution in [2.75, 3.05) is 0 Å². The highest BCUT2D eigenvalue weighted by Gasteiger charge is 2.25. The van der Waals surface area contributed by atoms with E-state index in [2.05, 4.69) is 0 Å². The van der Waals surface area contributed by atoms with Gasteiger partial charge >= 0.3 is 0 Å². The molecule has 0 bridgehead atoms. The molecule has 0 radical (unpaired) electrons. The predicted molar refractivity (Wildman–Crippen MR) is 89.7 cm³/mol. The Bertz CT molecular complexity index is 866. The molecule has 1 amide bonds. The maximum absolute atomic E-state index is 13.6. The summed E-state index contributed by atoms with van der Waals surface area (Å²) in [7, 11) is -4.56. The van der Waals surface area contributed by atoms with E-state index in [0.717, 1.165) is 60.7 Å². The number of hydrogen-bond donors (Lipinski definition) is 2. The molecule has 5 nitrogen and oxygen atoms in total. The second-order valence-corrected chi connectivity index (χ2v) is 8.49. The highest BCUT2D eigenvalue weighted by atomic mass is 32.2. The van der Waals surface area contributed by atoms with Crippen molar-refractivity contribution in [1.82, 2.24) is 10.3 Å². The van der Waals surface area contributed by atoms with Crippen LogP contribution in [0.15, 0.2) is 29.2 Å². The predicted octanol–water partition coefficient (Wildman–Crippen LogP) is 2.92. The molecule has 0 spiro atoms. The third kappa shape index (κ3) is 3.88. The van der Waals surface area contributed by atoms with Crippen LogP contribution in [0.25, 0.3) is 0 Å². The molecule has 1 heterocycles. The number of hydrazine groups is 1. The van der Waals surface area contributed by atoms with Crippen LogP contribution in [0.4, 0.5) is 8.78 Å². The van der Waals surface area contributed by atoms with E-state index in [1.165, 1.54) is 11.3 Å². The Labute approximate surface area is 148 Å². The van der Waals surface area contributed by atoms with E-state index >= 15 is 0 Å². The van der Waals surface area contributed by atoms with E-state index in [9.17, 15) is 22.0 Å². The molecule has 3 rings (SSSR count). The molecule has 134 valence electrons. The van der Waals surface area contributed by atoms with Gasteiger partial charge in [-0.25, -0.2) is 17.2 Å². The van der Waals surface area contributed by atoms with Crippen LogP contribution >= 0.6 is 11.3 Å². The zero-order valence-corrected chi connectivity index (χ0v) is 14.8. The van der Waals surface area contributed by atoms with Gasteiger partial charge in [-0.15, -0.1) is 16.2 Å². The van der Waals surface area contributed by atoms with Crippen molar-refractivity contribution in [2.45, 2.75) is 37.0 Å². The van der Waals surface area contributed by atoms with Crippen molar-refractivity contribution in [1.29, 1.82) is 0 Å². The minimum Gasteiger partial charge on any atom is -0.273 e. The van der Waals surface area contributed by atoms with E-state index in [4.69, 9.17) is 0 Å². The van der Waals surface area contributed by atoms with Gasteiger partial charge in [-0.3, -0.25) is 10.2 Å². The average molecular weight is 386 g/mol. The smallest absolute Gasteiger partial charge is 0.273 e. The summed E-state index contributed by atoms with van der Waals surface area (Å²) in [4.78, 5) is 14.3. The van der Waals surface area contributed by atoms with Crippen LogP contribution in [0.5, 0.6) is 0 Å². The Balaban J connectivity index is 1.74. The number of thiophene rings is 1. The van der Waals surface area contributed by atoms with Gasteiger partial charge in [0.2, 0.25) is 0 Å². The van der Waals surface area contributed by atoms with Gasteiger partial charge in [-0.05, 0) is 49.4 Å². The van der Waals surface area contributed by atoms with Gasteiger partial charge in [-0.1, -0.05) is 12.5 Å². The minimum absolute atomic E-state index is 0.364. The summed E-state index contributed by atoms with van der Waals surface area (Å²) in [6.07, 6.45) is 5.07. The first-order valence-corrected chi connectivity index (χ1v) is 10.1. The molecule has 2 aromatic rings. The summed E-state index contributed by atoms with van der Waals surface area (Å²) < 4.78 is 51.3. The molecule has 0 aliphatic heterocycles. The van der Waals surface area contributed by atoms with Crippen LogP contribution in [0.3, 0.4) is 0 Å². The van der Waals surface area contributed by atoms with Gasteiger partial charge in [0, 0.05) is 4.88 Å².